The number of aliphatic hydroxyl groups is 1. The first-order chi connectivity index (χ1) is 13.5. The highest BCUT2D eigenvalue weighted by molar-refractivity contribution is 14.0. The molecule has 2 rings (SSSR count). The molecular formula is C21H35IN4O3. The highest BCUT2D eigenvalue weighted by Gasteiger charge is 2.22. The number of aliphatic hydroxyl groups excluding tert-OH is 1. The normalized spacial score (nSPS) is 14.7. The zero-order chi connectivity index (χ0) is 20.4. The summed E-state index contributed by atoms with van der Waals surface area (Å²) in [6.45, 7) is 7.58. The monoisotopic (exact) mass is 518 g/mol. The van der Waals surface area contributed by atoms with Crippen LogP contribution in [0.4, 0.5) is 0 Å². The van der Waals surface area contributed by atoms with Gasteiger partial charge < -0.3 is 25.8 Å². The predicted molar refractivity (Wildman–Crippen MR) is 127 cm³/mol. The summed E-state index contributed by atoms with van der Waals surface area (Å²) in [6, 6.07) is 7.84. The molecule has 0 bridgehead atoms. The topological polar surface area (TPSA) is 95.0 Å². The third-order valence-corrected chi connectivity index (χ3v) is 4.22. The summed E-state index contributed by atoms with van der Waals surface area (Å²) in [4.78, 5) is 16.1. The van der Waals surface area contributed by atoms with E-state index in [1.165, 1.54) is 0 Å². The minimum Gasteiger partial charge on any atom is -0.491 e. The van der Waals surface area contributed by atoms with Gasteiger partial charge in [-0.1, -0.05) is 12.1 Å². The van der Waals surface area contributed by atoms with Crippen LogP contribution in [0.15, 0.2) is 29.3 Å². The summed E-state index contributed by atoms with van der Waals surface area (Å²) in [6.07, 6.45) is 2.90. The van der Waals surface area contributed by atoms with Crippen molar-refractivity contribution >= 4 is 35.8 Å². The number of amides is 1. The van der Waals surface area contributed by atoms with Gasteiger partial charge in [-0.05, 0) is 57.7 Å². The van der Waals surface area contributed by atoms with E-state index in [0.717, 1.165) is 37.1 Å². The summed E-state index contributed by atoms with van der Waals surface area (Å²) in [5.41, 5.74) is 0.799. The van der Waals surface area contributed by atoms with Crippen molar-refractivity contribution in [3.8, 4) is 5.75 Å². The van der Waals surface area contributed by atoms with Crippen molar-refractivity contribution in [1.29, 1.82) is 0 Å². The van der Waals surface area contributed by atoms with Gasteiger partial charge in [0.05, 0.1) is 18.8 Å². The maximum absolute atomic E-state index is 11.7. The molecule has 0 heterocycles. The lowest BCUT2D eigenvalue weighted by Crippen LogP contribution is -2.38. The molecule has 1 fully saturated rings. The largest absolute Gasteiger partial charge is 0.491 e. The summed E-state index contributed by atoms with van der Waals surface area (Å²) in [5, 5.41) is 19.7. The molecule has 0 aromatic heterocycles. The van der Waals surface area contributed by atoms with E-state index < -0.39 is 6.10 Å². The number of nitrogens with zero attached hydrogens (tertiary/aromatic N) is 1. The number of guanidine groups is 1. The first kappa shape index (κ1) is 25.5. The molecular weight excluding hydrogens is 483 g/mol. The molecule has 164 valence electrons. The highest BCUT2D eigenvalue weighted by atomic mass is 127. The number of ether oxygens (including phenoxy) is 1. The number of nitrogens with one attached hydrogen (secondary N) is 3. The molecule has 0 aliphatic heterocycles. The van der Waals surface area contributed by atoms with Crippen molar-refractivity contribution in [1.82, 2.24) is 16.0 Å². The van der Waals surface area contributed by atoms with E-state index in [4.69, 9.17) is 4.74 Å². The number of benzene rings is 1. The second-order valence-corrected chi connectivity index (χ2v) is 7.34. The fraction of sp³-hybridized carbons (Fsp3) is 0.619. The maximum atomic E-state index is 11.7. The Morgan fingerprint density at radius 3 is 2.52 bits per heavy atom. The molecule has 8 heteroatoms. The number of aliphatic imine (C=N–C) groups is 1. The third kappa shape index (κ3) is 10.7. The quantitative estimate of drug-likeness (QED) is 0.157. The van der Waals surface area contributed by atoms with Gasteiger partial charge in [0.15, 0.2) is 5.96 Å². The molecule has 1 amide bonds. The fourth-order valence-electron chi connectivity index (χ4n) is 2.65. The van der Waals surface area contributed by atoms with Crippen LogP contribution in [0.3, 0.4) is 0 Å². The number of halogens is 1. The number of hydrogen-bond acceptors (Lipinski definition) is 4. The van der Waals surface area contributed by atoms with E-state index in [2.05, 4.69) is 20.9 Å². The van der Waals surface area contributed by atoms with E-state index in [1.54, 1.807) is 0 Å². The van der Waals surface area contributed by atoms with Gasteiger partial charge in [-0.3, -0.25) is 9.79 Å². The average Bonchev–Trinajstić information content (AvgIpc) is 3.47. The van der Waals surface area contributed by atoms with Gasteiger partial charge in [0, 0.05) is 25.6 Å². The van der Waals surface area contributed by atoms with E-state index in [1.807, 2.05) is 45.0 Å². The summed E-state index contributed by atoms with van der Waals surface area (Å²) >= 11 is 0. The first-order valence-electron chi connectivity index (χ1n) is 10.2. The number of carbonyl (C=O) groups is 1. The molecule has 1 atom stereocenters. The zero-order valence-electron chi connectivity index (χ0n) is 17.6. The Hall–Kier alpha value is -1.55. The Morgan fingerprint density at radius 2 is 1.93 bits per heavy atom. The van der Waals surface area contributed by atoms with Crippen LogP contribution in [0.2, 0.25) is 0 Å². The highest BCUT2D eigenvalue weighted by Crippen LogP contribution is 2.19. The number of hydrogen-bond donors (Lipinski definition) is 4. The van der Waals surface area contributed by atoms with Crippen molar-refractivity contribution in [2.75, 3.05) is 19.6 Å². The second-order valence-electron chi connectivity index (χ2n) is 7.34. The van der Waals surface area contributed by atoms with Gasteiger partial charge in [-0.2, -0.15) is 0 Å². The molecule has 1 unspecified atom stereocenters. The second kappa shape index (κ2) is 13.6. The van der Waals surface area contributed by atoms with Gasteiger partial charge in [0.25, 0.3) is 0 Å². The Kier molecular flexibility index (Phi) is 12.0. The van der Waals surface area contributed by atoms with E-state index in [0.29, 0.717) is 25.0 Å². The van der Waals surface area contributed by atoms with Crippen LogP contribution in [-0.2, 0) is 4.79 Å². The van der Waals surface area contributed by atoms with Crippen LogP contribution >= 0.6 is 24.0 Å². The third-order valence-electron chi connectivity index (χ3n) is 4.22. The Morgan fingerprint density at radius 1 is 1.24 bits per heavy atom. The lowest BCUT2D eigenvalue weighted by molar-refractivity contribution is -0.121. The molecule has 1 aliphatic rings. The van der Waals surface area contributed by atoms with Crippen LogP contribution in [0, 0.1) is 0 Å². The van der Waals surface area contributed by atoms with Crippen LogP contribution in [-0.4, -0.2) is 48.8 Å². The number of carbonyl (C=O) groups excluding carboxylic acids is 1. The minimum absolute atomic E-state index is 0. The Bertz CT molecular complexity index is 633. The Balaban J connectivity index is 0.00000420. The molecule has 1 aliphatic carbocycles. The predicted octanol–water partition coefficient (Wildman–Crippen LogP) is 2.74. The van der Waals surface area contributed by atoms with Gasteiger partial charge in [0.2, 0.25) is 5.91 Å². The molecule has 1 aromatic carbocycles. The molecule has 0 spiro atoms. The van der Waals surface area contributed by atoms with Crippen molar-refractivity contribution in [3.05, 3.63) is 29.8 Å². The van der Waals surface area contributed by atoms with Gasteiger partial charge >= 0.3 is 0 Å². The van der Waals surface area contributed by atoms with Crippen LogP contribution in [0.1, 0.15) is 58.1 Å². The summed E-state index contributed by atoms with van der Waals surface area (Å²) in [7, 11) is 0. The van der Waals surface area contributed by atoms with E-state index >= 15 is 0 Å². The standard InChI is InChI=1S/C21H34N4O3.HI/c1-4-22-21(23-13-5-6-20(27)25-17-9-10-17)24-14-19(26)16-7-11-18(12-8-16)28-15(2)3;/h7-8,11-12,15,17,19,26H,4-6,9-10,13-14H2,1-3H3,(H,25,27)(H2,22,23,24);1H. The Labute approximate surface area is 191 Å². The molecule has 1 saturated carbocycles. The van der Waals surface area contributed by atoms with Crippen molar-refractivity contribution in [2.24, 2.45) is 4.99 Å². The molecule has 7 nitrogen and oxygen atoms in total. The van der Waals surface area contributed by atoms with Gasteiger partial charge in [-0.15, -0.1) is 24.0 Å². The first-order valence-corrected chi connectivity index (χ1v) is 10.2. The fourth-order valence-corrected chi connectivity index (χ4v) is 2.65. The van der Waals surface area contributed by atoms with Crippen LogP contribution in [0.5, 0.6) is 5.75 Å². The molecule has 29 heavy (non-hydrogen) atoms. The lowest BCUT2D eigenvalue weighted by atomic mass is 10.1. The summed E-state index contributed by atoms with van der Waals surface area (Å²) < 4.78 is 5.62. The van der Waals surface area contributed by atoms with E-state index in [-0.39, 0.29) is 42.5 Å². The van der Waals surface area contributed by atoms with Crippen LogP contribution < -0.4 is 20.7 Å². The average molecular weight is 518 g/mol. The van der Waals surface area contributed by atoms with Gasteiger partial charge in [0.1, 0.15) is 5.75 Å². The SMILES string of the molecule is CCNC(=NCC(O)c1ccc(OC(C)C)cc1)NCCCC(=O)NC1CC1.I. The minimum atomic E-state index is -0.687. The maximum Gasteiger partial charge on any atom is 0.220 e. The van der Waals surface area contributed by atoms with Crippen LogP contribution in [0.25, 0.3) is 0 Å². The van der Waals surface area contributed by atoms with Crippen molar-refractivity contribution in [2.45, 2.75) is 64.7 Å². The smallest absolute Gasteiger partial charge is 0.220 e. The summed E-state index contributed by atoms with van der Waals surface area (Å²) in [5.74, 6) is 1.55. The van der Waals surface area contributed by atoms with E-state index in [9.17, 15) is 9.90 Å². The van der Waals surface area contributed by atoms with Crippen molar-refractivity contribution in [3.63, 3.8) is 0 Å². The molecule has 1 aromatic rings. The van der Waals surface area contributed by atoms with Crippen molar-refractivity contribution < 1.29 is 14.6 Å². The molecule has 0 radical (unpaired) electrons. The number of rotatable bonds is 11. The molecule has 0 saturated heterocycles. The molecule has 4 N–H and O–H groups in total. The van der Waals surface area contributed by atoms with Gasteiger partial charge in [-0.25, -0.2) is 0 Å². The zero-order valence-corrected chi connectivity index (χ0v) is 19.9. The lowest BCUT2D eigenvalue weighted by Gasteiger charge is -2.14.